The Labute approximate surface area is 166 Å². The molecule has 8 nitrogen and oxygen atoms in total. The van der Waals surface area contributed by atoms with Crippen LogP contribution in [0.25, 0.3) is 0 Å². The van der Waals surface area contributed by atoms with Crippen LogP contribution in [-0.2, 0) is 17.7 Å². The van der Waals surface area contributed by atoms with Crippen molar-refractivity contribution in [1.82, 2.24) is 25.4 Å². The quantitative estimate of drug-likeness (QED) is 0.367. The number of nitrogens with one attached hydrogen (secondary N) is 2. The van der Waals surface area contributed by atoms with E-state index in [1.165, 1.54) is 0 Å². The van der Waals surface area contributed by atoms with Gasteiger partial charge in [0.25, 0.3) is 0 Å². The van der Waals surface area contributed by atoms with E-state index < -0.39 is 0 Å². The number of hydrogen-bond donors (Lipinski definition) is 2. The maximum atomic E-state index is 5.74. The Bertz CT molecular complexity index is 712. The minimum Gasteiger partial charge on any atom is -0.492 e. The summed E-state index contributed by atoms with van der Waals surface area (Å²) in [6, 6.07) is 9.82. The third-order valence-corrected chi connectivity index (χ3v) is 4.54. The summed E-state index contributed by atoms with van der Waals surface area (Å²) in [6.45, 7) is 6.35. The fourth-order valence-corrected chi connectivity index (χ4v) is 3.05. The van der Waals surface area contributed by atoms with Gasteiger partial charge >= 0.3 is 0 Å². The molecule has 2 heterocycles. The molecule has 3 rings (SSSR count). The Kier molecular flexibility index (Phi) is 8.11. The van der Waals surface area contributed by atoms with E-state index in [9.17, 15) is 0 Å². The predicted octanol–water partition coefficient (Wildman–Crippen LogP) is 1.63. The van der Waals surface area contributed by atoms with Gasteiger partial charge in [-0.1, -0.05) is 25.1 Å². The molecule has 8 heteroatoms. The van der Waals surface area contributed by atoms with E-state index in [-0.39, 0.29) is 6.10 Å². The van der Waals surface area contributed by atoms with E-state index in [1.54, 1.807) is 6.33 Å². The average molecular weight is 387 g/mol. The summed E-state index contributed by atoms with van der Waals surface area (Å²) < 4.78 is 13.5. The monoisotopic (exact) mass is 386 g/mol. The predicted molar refractivity (Wildman–Crippen MR) is 109 cm³/mol. The van der Waals surface area contributed by atoms with Gasteiger partial charge in [0.1, 0.15) is 24.5 Å². The normalized spacial score (nSPS) is 16.9. The molecule has 0 spiro atoms. The molecule has 1 atom stereocenters. The first-order chi connectivity index (χ1) is 13.8. The number of aryl methyl sites for hydroxylation is 1. The largest absolute Gasteiger partial charge is 0.492 e. The van der Waals surface area contributed by atoms with Gasteiger partial charge in [0.2, 0.25) is 0 Å². The van der Waals surface area contributed by atoms with Gasteiger partial charge in [-0.3, -0.25) is 4.99 Å². The van der Waals surface area contributed by atoms with Crippen molar-refractivity contribution in [2.45, 2.75) is 38.8 Å². The summed E-state index contributed by atoms with van der Waals surface area (Å²) in [5, 5.41) is 14.8. The highest BCUT2D eigenvalue weighted by molar-refractivity contribution is 5.79. The number of guanidine groups is 1. The molecule has 0 aliphatic carbocycles. The lowest BCUT2D eigenvalue weighted by Gasteiger charge is -2.15. The molecule has 0 radical (unpaired) electrons. The lowest BCUT2D eigenvalue weighted by molar-refractivity contribution is 0.117. The number of hydrogen-bond acceptors (Lipinski definition) is 5. The Morgan fingerprint density at radius 2 is 2.14 bits per heavy atom. The molecule has 2 aromatic rings. The number of rotatable bonds is 10. The minimum absolute atomic E-state index is 0.226. The van der Waals surface area contributed by atoms with E-state index in [2.05, 4.69) is 37.3 Å². The highest BCUT2D eigenvalue weighted by Crippen LogP contribution is 2.11. The van der Waals surface area contributed by atoms with Crippen LogP contribution in [0.1, 0.15) is 25.6 Å². The molecule has 0 bridgehead atoms. The summed E-state index contributed by atoms with van der Waals surface area (Å²) in [7, 11) is 0. The molecule has 1 aliphatic rings. The molecular formula is C20H30N6O2. The number of aromatic nitrogens is 3. The lowest BCUT2D eigenvalue weighted by Crippen LogP contribution is -2.41. The fraction of sp³-hybridized carbons (Fsp3) is 0.550. The van der Waals surface area contributed by atoms with Gasteiger partial charge in [-0.2, -0.15) is 0 Å². The number of benzene rings is 1. The molecule has 1 aromatic carbocycles. The zero-order valence-corrected chi connectivity index (χ0v) is 16.5. The van der Waals surface area contributed by atoms with Crippen LogP contribution in [-0.4, -0.2) is 59.7 Å². The highest BCUT2D eigenvalue weighted by Gasteiger charge is 2.15. The van der Waals surface area contributed by atoms with Crippen LogP contribution in [0.5, 0.6) is 5.75 Å². The van der Waals surface area contributed by atoms with Gasteiger partial charge in [0.05, 0.1) is 19.2 Å². The smallest absolute Gasteiger partial charge is 0.191 e. The van der Waals surface area contributed by atoms with Crippen LogP contribution < -0.4 is 15.4 Å². The Morgan fingerprint density at radius 1 is 1.29 bits per heavy atom. The molecule has 1 saturated heterocycles. The van der Waals surface area contributed by atoms with Gasteiger partial charge < -0.3 is 24.7 Å². The highest BCUT2D eigenvalue weighted by atomic mass is 16.5. The van der Waals surface area contributed by atoms with Crippen LogP contribution >= 0.6 is 0 Å². The number of para-hydroxylation sites is 1. The van der Waals surface area contributed by atoms with Crippen molar-refractivity contribution >= 4 is 5.96 Å². The summed E-state index contributed by atoms with van der Waals surface area (Å²) in [5.41, 5.74) is 0. The van der Waals surface area contributed by atoms with Crippen molar-refractivity contribution in [3.63, 3.8) is 0 Å². The molecule has 0 amide bonds. The van der Waals surface area contributed by atoms with Gasteiger partial charge in [-0.15, -0.1) is 10.2 Å². The van der Waals surface area contributed by atoms with E-state index in [0.717, 1.165) is 56.5 Å². The molecular weight excluding hydrogens is 356 g/mol. The summed E-state index contributed by atoms with van der Waals surface area (Å²) in [5.74, 6) is 2.64. The zero-order valence-electron chi connectivity index (χ0n) is 16.5. The molecule has 152 valence electrons. The maximum Gasteiger partial charge on any atom is 0.191 e. The topological polar surface area (TPSA) is 85.6 Å². The van der Waals surface area contributed by atoms with Gasteiger partial charge in [0.15, 0.2) is 5.96 Å². The third kappa shape index (κ3) is 6.53. The Morgan fingerprint density at radius 3 is 2.93 bits per heavy atom. The molecule has 2 N–H and O–H groups in total. The molecule has 28 heavy (non-hydrogen) atoms. The van der Waals surface area contributed by atoms with Gasteiger partial charge in [0, 0.05) is 26.1 Å². The molecule has 1 aliphatic heterocycles. The van der Waals surface area contributed by atoms with Crippen molar-refractivity contribution in [2.24, 2.45) is 4.99 Å². The average Bonchev–Trinajstić information content (AvgIpc) is 3.41. The molecule has 1 unspecified atom stereocenters. The summed E-state index contributed by atoms with van der Waals surface area (Å²) in [6.07, 6.45) is 5.06. The van der Waals surface area contributed by atoms with Crippen LogP contribution in [0.2, 0.25) is 0 Å². The zero-order chi connectivity index (χ0) is 19.4. The second-order valence-corrected chi connectivity index (χ2v) is 6.63. The van der Waals surface area contributed by atoms with Crippen LogP contribution in [0.3, 0.4) is 0 Å². The maximum absolute atomic E-state index is 5.74. The van der Waals surface area contributed by atoms with E-state index in [0.29, 0.717) is 19.7 Å². The van der Waals surface area contributed by atoms with E-state index in [4.69, 9.17) is 9.47 Å². The Balaban J connectivity index is 1.45. The third-order valence-electron chi connectivity index (χ3n) is 4.54. The van der Waals surface area contributed by atoms with E-state index in [1.807, 2.05) is 30.3 Å². The van der Waals surface area contributed by atoms with Gasteiger partial charge in [-0.25, -0.2) is 0 Å². The summed E-state index contributed by atoms with van der Waals surface area (Å²) in [4.78, 5) is 4.69. The van der Waals surface area contributed by atoms with Crippen molar-refractivity contribution in [2.75, 3.05) is 32.8 Å². The van der Waals surface area contributed by atoms with Gasteiger partial charge in [-0.05, 0) is 25.0 Å². The second-order valence-electron chi connectivity index (χ2n) is 6.63. The first-order valence-corrected chi connectivity index (χ1v) is 10.0. The second kappa shape index (κ2) is 11.3. The van der Waals surface area contributed by atoms with Crippen molar-refractivity contribution < 1.29 is 9.47 Å². The standard InChI is InChI=1S/C20H30N6O2/c1-2-19-25-24-16-26(19)12-10-21-20(23-15-18-9-6-13-27-18)22-11-14-28-17-7-4-3-5-8-17/h3-5,7-8,16,18H,2,6,9-15H2,1H3,(H2,21,22,23). The Hall–Kier alpha value is -2.61. The van der Waals surface area contributed by atoms with Crippen LogP contribution in [0, 0.1) is 0 Å². The lowest BCUT2D eigenvalue weighted by atomic mass is 10.2. The van der Waals surface area contributed by atoms with Crippen molar-refractivity contribution in [1.29, 1.82) is 0 Å². The van der Waals surface area contributed by atoms with Crippen molar-refractivity contribution in [3.8, 4) is 5.75 Å². The fourth-order valence-electron chi connectivity index (χ4n) is 3.05. The van der Waals surface area contributed by atoms with E-state index >= 15 is 0 Å². The molecule has 1 aromatic heterocycles. The molecule has 0 saturated carbocycles. The number of nitrogens with zero attached hydrogens (tertiary/aromatic N) is 4. The first-order valence-electron chi connectivity index (χ1n) is 10.0. The molecule has 1 fully saturated rings. The number of aliphatic imine (C=N–C) groups is 1. The SMILES string of the molecule is CCc1nncn1CCNC(=NCC1CCCO1)NCCOc1ccccc1. The summed E-state index contributed by atoms with van der Waals surface area (Å²) >= 11 is 0. The number of ether oxygens (including phenoxy) is 2. The minimum atomic E-state index is 0.226. The van der Waals surface area contributed by atoms with Crippen molar-refractivity contribution in [3.05, 3.63) is 42.5 Å². The van der Waals surface area contributed by atoms with Crippen LogP contribution in [0.4, 0.5) is 0 Å². The van der Waals surface area contributed by atoms with Crippen LogP contribution in [0.15, 0.2) is 41.7 Å². The first kappa shape index (κ1) is 20.1.